The lowest BCUT2D eigenvalue weighted by atomic mass is 10.2. The van der Waals surface area contributed by atoms with Crippen molar-refractivity contribution in [2.45, 2.75) is 6.61 Å². The van der Waals surface area contributed by atoms with Crippen LogP contribution in [0.4, 0.5) is 11.4 Å². The highest BCUT2D eigenvalue weighted by Gasteiger charge is 2.11. The number of nitrogens with one attached hydrogen (secondary N) is 2. The fourth-order valence-electron chi connectivity index (χ4n) is 2.10. The summed E-state index contributed by atoms with van der Waals surface area (Å²) in [5, 5.41) is 17.1. The molecule has 7 nitrogen and oxygen atoms in total. The van der Waals surface area contributed by atoms with Crippen LogP contribution >= 0.6 is 11.6 Å². The smallest absolute Gasteiger partial charge is 0.292 e. The van der Waals surface area contributed by atoms with Gasteiger partial charge in [0, 0.05) is 24.2 Å². The lowest BCUT2D eigenvalue weighted by Gasteiger charge is -2.09. The summed E-state index contributed by atoms with van der Waals surface area (Å²) in [6, 6.07) is 13.6. The predicted octanol–water partition coefficient (Wildman–Crippen LogP) is 2.99. The Balaban J connectivity index is 1.66. The van der Waals surface area contributed by atoms with Gasteiger partial charge in [0.15, 0.2) is 0 Å². The number of halogens is 1. The number of carbonyl (C=O) groups excluding carboxylic acids is 1. The second-order valence-corrected chi connectivity index (χ2v) is 5.54. The Labute approximate surface area is 150 Å². The van der Waals surface area contributed by atoms with Gasteiger partial charge in [-0.05, 0) is 17.7 Å². The van der Waals surface area contributed by atoms with Gasteiger partial charge in [-0.15, -0.1) is 0 Å². The first-order valence-corrected chi connectivity index (χ1v) is 8.01. The quantitative estimate of drug-likeness (QED) is 0.406. The molecule has 25 heavy (non-hydrogen) atoms. The van der Waals surface area contributed by atoms with Crippen LogP contribution in [-0.2, 0) is 16.1 Å². The summed E-state index contributed by atoms with van der Waals surface area (Å²) >= 11 is 6.00. The number of anilines is 1. The fraction of sp³-hybridized carbons (Fsp3) is 0.235. The van der Waals surface area contributed by atoms with E-state index >= 15 is 0 Å². The normalized spacial score (nSPS) is 10.3. The van der Waals surface area contributed by atoms with E-state index in [1.165, 1.54) is 6.07 Å². The minimum absolute atomic E-state index is 0.00287. The third kappa shape index (κ3) is 6.06. The summed E-state index contributed by atoms with van der Waals surface area (Å²) < 4.78 is 5.32. The van der Waals surface area contributed by atoms with E-state index in [-0.39, 0.29) is 24.8 Å². The highest BCUT2D eigenvalue weighted by Crippen LogP contribution is 2.22. The van der Waals surface area contributed by atoms with Crippen LogP contribution in [0.15, 0.2) is 48.5 Å². The second-order valence-electron chi connectivity index (χ2n) is 5.14. The third-order valence-corrected chi connectivity index (χ3v) is 3.68. The zero-order valence-electron chi connectivity index (χ0n) is 13.4. The van der Waals surface area contributed by atoms with Crippen molar-refractivity contribution in [3.8, 4) is 0 Å². The maximum Gasteiger partial charge on any atom is 0.292 e. The van der Waals surface area contributed by atoms with Crippen LogP contribution in [-0.4, -0.2) is 30.5 Å². The van der Waals surface area contributed by atoms with Crippen molar-refractivity contribution in [2.75, 3.05) is 25.0 Å². The van der Waals surface area contributed by atoms with Gasteiger partial charge in [-0.25, -0.2) is 0 Å². The van der Waals surface area contributed by atoms with Gasteiger partial charge in [0.2, 0.25) is 5.91 Å². The molecule has 0 saturated carbocycles. The Morgan fingerprint density at radius 2 is 1.84 bits per heavy atom. The van der Waals surface area contributed by atoms with Crippen molar-refractivity contribution in [2.24, 2.45) is 0 Å². The number of nitro benzene ring substituents is 1. The standard InChI is InChI=1S/C17H18ClN3O4/c18-14-6-2-1-5-13(14)11-25-12-17(22)20-10-9-19-15-7-3-4-8-16(15)21(23)24/h1-8,19H,9-12H2,(H,20,22). The Morgan fingerprint density at radius 1 is 1.12 bits per heavy atom. The van der Waals surface area contributed by atoms with Gasteiger partial charge in [-0.2, -0.15) is 0 Å². The molecule has 0 radical (unpaired) electrons. The molecule has 1 amide bonds. The molecule has 0 aromatic heterocycles. The van der Waals surface area contributed by atoms with Crippen molar-refractivity contribution < 1.29 is 14.5 Å². The molecule has 132 valence electrons. The van der Waals surface area contributed by atoms with Crippen LogP contribution in [0.25, 0.3) is 0 Å². The summed E-state index contributed by atoms with van der Waals surface area (Å²) in [7, 11) is 0. The summed E-state index contributed by atoms with van der Waals surface area (Å²) in [5.41, 5.74) is 1.23. The third-order valence-electron chi connectivity index (χ3n) is 3.31. The first-order chi connectivity index (χ1) is 12.1. The van der Waals surface area contributed by atoms with Crippen molar-refractivity contribution in [3.63, 3.8) is 0 Å². The van der Waals surface area contributed by atoms with E-state index < -0.39 is 4.92 Å². The Hall–Kier alpha value is -2.64. The maximum absolute atomic E-state index is 11.7. The van der Waals surface area contributed by atoms with Crippen LogP contribution < -0.4 is 10.6 Å². The summed E-state index contributed by atoms with van der Waals surface area (Å²) in [6.45, 7) is 0.847. The number of rotatable bonds is 9. The van der Waals surface area contributed by atoms with E-state index in [2.05, 4.69) is 10.6 Å². The minimum Gasteiger partial charge on any atom is -0.378 e. The molecule has 2 rings (SSSR count). The topological polar surface area (TPSA) is 93.5 Å². The number of nitrogens with zero attached hydrogens (tertiary/aromatic N) is 1. The highest BCUT2D eigenvalue weighted by atomic mass is 35.5. The molecule has 2 aromatic carbocycles. The highest BCUT2D eigenvalue weighted by molar-refractivity contribution is 6.31. The second kappa shape index (κ2) is 9.61. The minimum atomic E-state index is -0.455. The molecule has 0 spiro atoms. The zero-order chi connectivity index (χ0) is 18.1. The Morgan fingerprint density at radius 3 is 2.60 bits per heavy atom. The number of hydrogen-bond donors (Lipinski definition) is 2. The molecule has 8 heteroatoms. The van der Waals surface area contributed by atoms with Gasteiger partial charge in [0.1, 0.15) is 12.3 Å². The van der Waals surface area contributed by atoms with E-state index in [1.54, 1.807) is 24.3 Å². The van der Waals surface area contributed by atoms with Gasteiger partial charge >= 0.3 is 0 Å². The molecule has 0 bridgehead atoms. The molecule has 0 atom stereocenters. The monoisotopic (exact) mass is 363 g/mol. The predicted molar refractivity (Wildman–Crippen MR) is 95.7 cm³/mol. The molecule has 2 N–H and O–H groups in total. The average Bonchev–Trinajstić information content (AvgIpc) is 2.60. The number of ether oxygens (including phenoxy) is 1. The molecule has 0 heterocycles. The first kappa shape index (κ1) is 18.7. The number of amides is 1. The molecule has 0 aliphatic carbocycles. The van der Waals surface area contributed by atoms with Crippen molar-refractivity contribution in [1.29, 1.82) is 0 Å². The Bertz CT molecular complexity index is 739. The summed E-state index contributed by atoms with van der Waals surface area (Å²) in [5.74, 6) is -0.267. The molecular weight excluding hydrogens is 346 g/mol. The van der Waals surface area contributed by atoms with Crippen LogP contribution in [0.3, 0.4) is 0 Å². The van der Waals surface area contributed by atoms with Crippen molar-refractivity contribution >= 4 is 28.9 Å². The van der Waals surface area contributed by atoms with E-state index in [4.69, 9.17) is 16.3 Å². The largest absolute Gasteiger partial charge is 0.378 e. The molecule has 0 fully saturated rings. The number of benzene rings is 2. The number of carbonyl (C=O) groups is 1. The Kier molecular flexibility index (Phi) is 7.18. The number of nitro groups is 1. The van der Waals surface area contributed by atoms with Gasteiger partial charge in [0.25, 0.3) is 5.69 Å². The van der Waals surface area contributed by atoms with E-state index in [0.29, 0.717) is 23.8 Å². The molecule has 0 unspecified atom stereocenters. The van der Waals surface area contributed by atoms with Crippen LogP contribution in [0.2, 0.25) is 5.02 Å². The average molecular weight is 364 g/mol. The van der Waals surface area contributed by atoms with Gasteiger partial charge in [0.05, 0.1) is 11.5 Å². The molecule has 0 aliphatic rings. The van der Waals surface area contributed by atoms with E-state index in [0.717, 1.165) is 5.56 Å². The zero-order valence-corrected chi connectivity index (χ0v) is 14.2. The molecule has 0 aliphatic heterocycles. The first-order valence-electron chi connectivity index (χ1n) is 7.63. The van der Waals surface area contributed by atoms with E-state index in [1.807, 2.05) is 18.2 Å². The van der Waals surface area contributed by atoms with Crippen LogP contribution in [0, 0.1) is 10.1 Å². The van der Waals surface area contributed by atoms with Crippen LogP contribution in [0.1, 0.15) is 5.56 Å². The van der Waals surface area contributed by atoms with Gasteiger partial charge in [-0.3, -0.25) is 14.9 Å². The van der Waals surface area contributed by atoms with E-state index in [9.17, 15) is 14.9 Å². The summed E-state index contributed by atoms with van der Waals surface area (Å²) in [6.07, 6.45) is 0. The maximum atomic E-state index is 11.7. The van der Waals surface area contributed by atoms with Crippen molar-refractivity contribution in [1.82, 2.24) is 5.32 Å². The number of hydrogen-bond acceptors (Lipinski definition) is 5. The van der Waals surface area contributed by atoms with Gasteiger partial charge < -0.3 is 15.4 Å². The lowest BCUT2D eigenvalue weighted by Crippen LogP contribution is -2.31. The summed E-state index contributed by atoms with van der Waals surface area (Å²) in [4.78, 5) is 22.1. The fourth-order valence-corrected chi connectivity index (χ4v) is 2.29. The molecule has 0 saturated heterocycles. The molecule has 2 aromatic rings. The molecular formula is C17H18ClN3O4. The number of para-hydroxylation sites is 2. The SMILES string of the molecule is O=C(COCc1ccccc1Cl)NCCNc1ccccc1[N+](=O)[O-]. The lowest BCUT2D eigenvalue weighted by molar-refractivity contribution is -0.384. The van der Waals surface area contributed by atoms with Gasteiger partial charge in [-0.1, -0.05) is 41.9 Å². The van der Waals surface area contributed by atoms with Crippen LogP contribution in [0.5, 0.6) is 0 Å². The van der Waals surface area contributed by atoms with Crippen molar-refractivity contribution in [3.05, 3.63) is 69.2 Å².